The van der Waals surface area contributed by atoms with Gasteiger partial charge in [0.1, 0.15) is 5.69 Å². The van der Waals surface area contributed by atoms with Crippen LogP contribution in [0.4, 0.5) is 0 Å². The molecule has 1 atom stereocenters. The number of hydrogen-bond acceptors (Lipinski definition) is 3. The first kappa shape index (κ1) is 19.6. The zero-order valence-electron chi connectivity index (χ0n) is 16.8. The van der Waals surface area contributed by atoms with E-state index in [0.29, 0.717) is 30.4 Å². The van der Waals surface area contributed by atoms with Crippen LogP contribution in [0.15, 0.2) is 35.7 Å². The molecule has 2 amide bonds. The van der Waals surface area contributed by atoms with Gasteiger partial charge in [-0.1, -0.05) is 17.7 Å². The monoisotopic (exact) mass is 441 g/mol. The summed E-state index contributed by atoms with van der Waals surface area (Å²) in [5.74, 6) is 0.284. The molecule has 1 unspecified atom stereocenters. The van der Waals surface area contributed by atoms with Gasteiger partial charge in [0.25, 0.3) is 5.91 Å². The van der Waals surface area contributed by atoms with Crippen LogP contribution in [0.2, 0.25) is 5.02 Å². The van der Waals surface area contributed by atoms with E-state index in [2.05, 4.69) is 10.3 Å². The minimum absolute atomic E-state index is 0.0361. The number of amides is 2. The number of piperidine rings is 1. The summed E-state index contributed by atoms with van der Waals surface area (Å²) >= 11 is 7.78. The predicted molar refractivity (Wildman–Crippen MR) is 120 cm³/mol. The van der Waals surface area contributed by atoms with Crippen LogP contribution in [0, 0.1) is 18.3 Å². The fourth-order valence-electron chi connectivity index (χ4n) is 4.81. The molecular weight excluding hydrogens is 418 g/mol. The van der Waals surface area contributed by atoms with Crippen LogP contribution in [-0.4, -0.2) is 34.8 Å². The summed E-state index contributed by atoms with van der Waals surface area (Å²) in [6, 6.07) is 9.68. The van der Waals surface area contributed by atoms with Gasteiger partial charge in [-0.2, -0.15) is 0 Å². The molecule has 1 aromatic carbocycles. The van der Waals surface area contributed by atoms with Crippen LogP contribution in [0.1, 0.15) is 40.2 Å². The van der Waals surface area contributed by atoms with Gasteiger partial charge < -0.3 is 15.2 Å². The van der Waals surface area contributed by atoms with Crippen molar-refractivity contribution in [1.29, 1.82) is 0 Å². The number of aryl methyl sites for hydroxylation is 1. The third-order valence-electron chi connectivity index (χ3n) is 6.80. The standard InChI is InChI=1S/C23H24ClN3O2S/c1-14-17-11-15(24)4-5-19(17)26-20(14)22(29)27-8-6-23(7-9-27)12-18(23)21(28)25-13-16-3-2-10-30-16/h2-5,10-11,18,26H,6-9,12-13H2,1H3,(H,25,28). The Bertz CT molecular complexity index is 1110. The number of carbonyl (C=O) groups is 2. The van der Waals surface area contributed by atoms with E-state index < -0.39 is 0 Å². The highest BCUT2D eigenvalue weighted by atomic mass is 35.5. The molecule has 1 spiro atoms. The summed E-state index contributed by atoms with van der Waals surface area (Å²) in [4.78, 5) is 32.1. The molecule has 156 valence electrons. The molecule has 3 aromatic rings. The molecule has 30 heavy (non-hydrogen) atoms. The molecular formula is C23H24ClN3O2S. The van der Waals surface area contributed by atoms with Crippen molar-refractivity contribution in [2.75, 3.05) is 13.1 Å². The maximum atomic E-state index is 13.1. The molecule has 1 saturated carbocycles. The minimum atomic E-state index is 0.0361. The summed E-state index contributed by atoms with van der Waals surface area (Å²) in [6.45, 7) is 3.96. The minimum Gasteiger partial charge on any atom is -0.351 e. The van der Waals surface area contributed by atoms with Gasteiger partial charge >= 0.3 is 0 Å². The molecule has 0 bridgehead atoms. The lowest BCUT2D eigenvalue weighted by Gasteiger charge is -2.32. The number of thiophene rings is 1. The van der Waals surface area contributed by atoms with Crippen LogP contribution >= 0.6 is 22.9 Å². The Morgan fingerprint density at radius 3 is 2.83 bits per heavy atom. The van der Waals surface area contributed by atoms with Crippen LogP contribution in [0.25, 0.3) is 10.9 Å². The lowest BCUT2D eigenvalue weighted by molar-refractivity contribution is -0.123. The Labute approximate surface area is 184 Å². The third-order valence-corrected chi connectivity index (χ3v) is 7.92. The number of fused-ring (bicyclic) bond motifs is 1. The van der Waals surface area contributed by atoms with E-state index in [4.69, 9.17) is 11.6 Å². The van der Waals surface area contributed by atoms with Crippen LogP contribution in [-0.2, 0) is 11.3 Å². The molecule has 2 fully saturated rings. The van der Waals surface area contributed by atoms with Crippen molar-refractivity contribution in [2.45, 2.75) is 32.7 Å². The van der Waals surface area contributed by atoms with Crippen molar-refractivity contribution in [1.82, 2.24) is 15.2 Å². The first-order valence-corrected chi connectivity index (χ1v) is 11.6. The maximum Gasteiger partial charge on any atom is 0.270 e. The molecule has 1 aliphatic carbocycles. The zero-order valence-corrected chi connectivity index (χ0v) is 18.4. The van der Waals surface area contributed by atoms with Crippen molar-refractivity contribution in [3.8, 4) is 0 Å². The molecule has 5 nitrogen and oxygen atoms in total. The number of nitrogens with zero attached hydrogens (tertiary/aromatic N) is 1. The molecule has 0 radical (unpaired) electrons. The maximum absolute atomic E-state index is 13.1. The van der Waals surface area contributed by atoms with Crippen molar-refractivity contribution in [3.63, 3.8) is 0 Å². The number of nitrogens with one attached hydrogen (secondary N) is 2. The van der Waals surface area contributed by atoms with Gasteiger partial charge in [0.2, 0.25) is 5.91 Å². The summed E-state index contributed by atoms with van der Waals surface area (Å²) < 4.78 is 0. The van der Waals surface area contributed by atoms with E-state index in [0.717, 1.165) is 35.7 Å². The lowest BCUT2D eigenvalue weighted by Crippen LogP contribution is -2.41. The van der Waals surface area contributed by atoms with E-state index in [1.54, 1.807) is 11.3 Å². The smallest absolute Gasteiger partial charge is 0.270 e. The van der Waals surface area contributed by atoms with Crippen molar-refractivity contribution in [3.05, 3.63) is 56.9 Å². The number of aromatic amines is 1. The number of rotatable bonds is 4. The van der Waals surface area contributed by atoms with Gasteiger partial charge in [-0.3, -0.25) is 9.59 Å². The van der Waals surface area contributed by atoms with Crippen molar-refractivity contribution < 1.29 is 9.59 Å². The molecule has 1 saturated heterocycles. The van der Waals surface area contributed by atoms with E-state index in [9.17, 15) is 9.59 Å². The van der Waals surface area contributed by atoms with E-state index in [1.807, 2.05) is 47.5 Å². The van der Waals surface area contributed by atoms with Crippen LogP contribution in [0.3, 0.4) is 0 Å². The topological polar surface area (TPSA) is 65.2 Å². The molecule has 2 N–H and O–H groups in total. The Balaban J connectivity index is 1.21. The van der Waals surface area contributed by atoms with Crippen molar-refractivity contribution >= 4 is 45.7 Å². The highest BCUT2D eigenvalue weighted by Crippen LogP contribution is 2.59. The van der Waals surface area contributed by atoms with Gasteiger partial charge in [0.15, 0.2) is 0 Å². The van der Waals surface area contributed by atoms with E-state index >= 15 is 0 Å². The first-order chi connectivity index (χ1) is 14.5. The number of H-pyrrole nitrogens is 1. The van der Waals surface area contributed by atoms with Crippen LogP contribution < -0.4 is 5.32 Å². The fourth-order valence-corrected chi connectivity index (χ4v) is 5.62. The highest BCUT2D eigenvalue weighted by molar-refractivity contribution is 7.09. The quantitative estimate of drug-likeness (QED) is 0.613. The fraction of sp³-hybridized carbons (Fsp3) is 0.391. The number of hydrogen-bond donors (Lipinski definition) is 2. The average Bonchev–Trinajstić information content (AvgIpc) is 3.08. The third kappa shape index (κ3) is 3.42. The second kappa shape index (κ2) is 7.43. The Morgan fingerprint density at radius 1 is 1.30 bits per heavy atom. The van der Waals surface area contributed by atoms with Crippen molar-refractivity contribution in [2.24, 2.45) is 11.3 Å². The van der Waals surface area contributed by atoms with E-state index in [-0.39, 0.29) is 23.1 Å². The Morgan fingerprint density at radius 2 is 2.10 bits per heavy atom. The molecule has 7 heteroatoms. The normalized spacial score (nSPS) is 19.9. The van der Waals surface area contributed by atoms with Crippen LogP contribution in [0.5, 0.6) is 0 Å². The molecule has 3 heterocycles. The van der Waals surface area contributed by atoms with Gasteiger partial charge in [-0.25, -0.2) is 0 Å². The zero-order chi connectivity index (χ0) is 20.9. The number of carbonyl (C=O) groups excluding carboxylic acids is 2. The molecule has 2 aliphatic rings. The summed E-state index contributed by atoms with van der Waals surface area (Å²) in [5.41, 5.74) is 2.59. The number of benzene rings is 1. The molecule has 5 rings (SSSR count). The molecule has 1 aliphatic heterocycles. The van der Waals surface area contributed by atoms with Gasteiger partial charge in [0, 0.05) is 39.8 Å². The second-order valence-electron chi connectivity index (χ2n) is 8.52. The Kier molecular flexibility index (Phi) is 4.86. The van der Waals surface area contributed by atoms with Gasteiger partial charge in [-0.15, -0.1) is 11.3 Å². The summed E-state index contributed by atoms with van der Waals surface area (Å²) in [5, 5.41) is 6.76. The average molecular weight is 442 g/mol. The highest BCUT2D eigenvalue weighted by Gasteiger charge is 2.58. The SMILES string of the molecule is Cc1c(C(=O)N2CCC3(CC2)CC3C(=O)NCc2cccs2)[nH]c2ccc(Cl)cc12. The predicted octanol–water partition coefficient (Wildman–Crippen LogP) is 4.75. The lowest BCUT2D eigenvalue weighted by atomic mass is 9.90. The first-order valence-electron chi connectivity index (χ1n) is 10.3. The number of aromatic nitrogens is 1. The van der Waals surface area contributed by atoms with E-state index in [1.165, 1.54) is 4.88 Å². The number of halogens is 1. The summed E-state index contributed by atoms with van der Waals surface area (Å²) in [6.07, 6.45) is 2.72. The van der Waals surface area contributed by atoms with Gasteiger partial charge in [0.05, 0.1) is 6.54 Å². The second-order valence-corrected chi connectivity index (χ2v) is 9.99. The Hall–Kier alpha value is -2.31. The summed E-state index contributed by atoms with van der Waals surface area (Å²) in [7, 11) is 0. The van der Waals surface area contributed by atoms with Gasteiger partial charge in [-0.05, 0) is 66.8 Å². The largest absolute Gasteiger partial charge is 0.351 e. The number of likely N-dealkylation sites (tertiary alicyclic amines) is 1. The molecule has 2 aromatic heterocycles.